The van der Waals surface area contributed by atoms with E-state index in [4.69, 9.17) is 4.74 Å². The van der Waals surface area contributed by atoms with Crippen LogP contribution in [0, 0.1) is 11.6 Å². The van der Waals surface area contributed by atoms with E-state index in [-0.39, 0.29) is 5.75 Å². The Morgan fingerprint density at radius 2 is 2.00 bits per heavy atom. The molecule has 1 rings (SSSR count). The second-order valence-corrected chi connectivity index (χ2v) is 2.66. The normalized spacial score (nSPS) is 9.85. The highest BCUT2D eigenvalue weighted by Gasteiger charge is 2.09. The number of benzene rings is 1. The number of ether oxygens (including phenoxy) is 1. The molecular weight excluding hydrogens is 173 g/mol. The molecule has 0 aliphatic rings. The van der Waals surface area contributed by atoms with Gasteiger partial charge in [0.25, 0.3) is 0 Å². The molecule has 0 atom stereocenters. The molecule has 0 spiro atoms. The van der Waals surface area contributed by atoms with E-state index in [0.29, 0.717) is 19.3 Å². The van der Waals surface area contributed by atoms with E-state index in [0.717, 1.165) is 6.07 Å². The van der Waals surface area contributed by atoms with E-state index in [1.54, 1.807) is 6.92 Å². The summed E-state index contributed by atoms with van der Waals surface area (Å²) in [5.41, 5.74) is 0.477. The van der Waals surface area contributed by atoms with Crippen molar-refractivity contribution in [3.63, 3.8) is 0 Å². The Hall–Kier alpha value is -1.06. The zero-order valence-electron chi connectivity index (χ0n) is 7.73. The van der Waals surface area contributed by atoms with Gasteiger partial charge in [0.15, 0.2) is 18.8 Å². The summed E-state index contributed by atoms with van der Waals surface area (Å²) in [4.78, 5) is 0. The number of hydrogen-bond donors (Lipinski definition) is 0. The van der Waals surface area contributed by atoms with Gasteiger partial charge in [-0.15, -0.1) is 0 Å². The van der Waals surface area contributed by atoms with Crippen LogP contribution in [-0.2, 0) is 0 Å². The minimum Gasteiger partial charge on any atom is -0.491 e. The maximum absolute atomic E-state index is 13.0. The fraction of sp³-hybridized carbons (Fsp3) is 0.333. The van der Waals surface area contributed by atoms with Gasteiger partial charge in [0.1, 0.15) is 5.82 Å². The molecule has 4 heteroatoms. The standard InChI is InChI=1S/C9H11BF2O/c1-3-13-9-4-6(10-2)7(11)5-8(9)12/h4-5,10H,3H2,1-2H3. The first kappa shape index (κ1) is 10.0. The predicted molar refractivity (Wildman–Crippen MR) is 50.2 cm³/mol. The minimum absolute atomic E-state index is 0.126. The van der Waals surface area contributed by atoms with Crippen molar-refractivity contribution >= 4 is 12.7 Å². The van der Waals surface area contributed by atoms with Crippen LogP contribution in [0.25, 0.3) is 0 Å². The van der Waals surface area contributed by atoms with Gasteiger partial charge in [0, 0.05) is 6.07 Å². The molecule has 1 aromatic carbocycles. The lowest BCUT2D eigenvalue weighted by Crippen LogP contribution is -2.16. The minimum atomic E-state index is -0.642. The van der Waals surface area contributed by atoms with E-state index in [9.17, 15) is 8.78 Å². The fourth-order valence-corrected chi connectivity index (χ4v) is 1.11. The summed E-state index contributed by atoms with van der Waals surface area (Å²) in [6, 6.07) is 2.28. The molecule has 0 saturated heterocycles. The Labute approximate surface area is 77.0 Å². The molecule has 0 unspecified atom stereocenters. The van der Waals surface area contributed by atoms with Crippen LogP contribution in [0.2, 0.25) is 6.82 Å². The summed E-state index contributed by atoms with van der Waals surface area (Å²) in [7, 11) is 0.534. The van der Waals surface area contributed by atoms with Crippen molar-refractivity contribution in [3.8, 4) is 5.75 Å². The third kappa shape index (κ3) is 2.20. The maximum atomic E-state index is 13.0. The second kappa shape index (κ2) is 4.26. The molecule has 1 nitrogen and oxygen atoms in total. The largest absolute Gasteiger partial charge is 0.491 e. The maximum Gasteiger partial charge on any atom is 0.167 e. The molecule has 70 valence electrons. The quantitative estimate of drug-likeness (QED) is 0.646. The van der Waals surface area contributed by atoms with Gasteiger partial charge in [0.05, 0.1) is 6.61 Å². The van der Waals surface area contributed by atoms with Crippen molar-refractivity contribution < 1.29 is 13.5 Å². The Kier molecular flexibility index (Phi) is 3.28. The van der Waals surface area contributed by atoms with E-state index in [2.05, 4.69) is 0 Å². The molecular formula is C9H11BF2O. The highest BCUT2D eigenvalue weighted by atomic mass is 19.1. The van der Waals surface area contributed by atoms with Gasteiger partial charge < -0.3 is 4.74 Å². The molecule has 0 aliphatic heterocycles. The summed E-state index contributed by atoms with van der Waals surface area (Å²) in [6.07, 6.45) is 0. The van der Waals surface area contributed by atoms with Crippen molar-refractivity contribution in [2.75, 3.05) is 6.61 Å². The SMILES string of the molecule is CBc1cc(OCC)c(F)cc1F. The van der Waals surface area contributed by atoms with E-state index < -0.39 is 11.6 Å². The number of hydrogen-bond acceptors (Lipinski definition) is 1. The highest BCUT2D eigenvalue weighted by Crippen LogP contribution is 2.15. The van der Waals surface area contributed by atoms with Crippen LogP contribution in [0.4, 0.5) is 8.78 Å². The summed E-state index contributed by atoms with van der Waals surface area (Å²) < 4.78 is 31.0. The molecule has 0 bridgehead atoms. The second-order valence-electron chi connectivity index (χ2n) is 2.66. The first-order chi connectivity index (χ1) is 6.19. The smallest absolute Gasteiger partial charge is 0.167 e. The van der Waals surface area contributed by atoms with Crippen LogP contribution >= 0.6 is 0 Å². The molecule has 0 fully saturated rings. The van der Waals surface area contributed by atoms with Gasteiger partial charge >= 0.3 is 0 Å². The molecule has 0 saturated carbocycles. The molecule has 0 heterocycles. The van der Waals surface area contributed by atoms with Gasteiger partial charge in [-0.25, -0.2) is 8.78 Å². The Morgan fingerprint density at radius 3 is 2.54 bits per heavy atom. The topological polar surface area (TPSA) is 9.23 Å². The van der Waals surface area contributed by atoms with Crippen LogP contribution in [0.15, 0.2) is 12.1 Å². The van der Waals surface area contributed by atoms with E-state index in [1.165, 1.54) is 6.07 Å². The third-order valence-electron chi connectivity index (χ3n) is 1.78. The molecule has 0 radical (unpaired) electrons. The van der Waals surface area contributed by atoms with Crippen molar-refractivity contribution in [2.45, 2.75) is 13.7 Å². The van der Waals surface area contributed by atoms with Crippen molar-refractivity contribution in [1.29, 1.82) is 0 Å². The van der Waals surface area contributed by atoms with E-state index in [1.807, 2.05) is 6.82 Å². The Balaban J connectivity index is 3.06. The van der Waals surface area contributed by atoms with Crippen molar-refractivity contribution in [1.82, 2.24) is 0 Å². The van der Waals surface area contributed by atoms with Gasteiger partial charge in [-0.2, -0.15) is 0 Å². The lowest BCUT2D eigenvalue weighted by molar-refractivity contribution is 0.321. The van der Waals surface area contributed by atoms with Gasteiger partial charge in [-0.3, -0.25) is 0 Å². The molecule has 0 N–H and O–H groups in total. The van der Waals surface area contributed by atoms with Crippen molar-refractivity contribution in [2.24, 2.45) is 0 Å². The summed E-state index contributed by atoms with van der Waals surface area (Å²) in [6.45, 7) is 3.95. The lowest BCUT2D eigenvalue weighted by atomic mass is 9.73. The fourth-order valence-electron chi connectivity index (χ4n) is 1.11. The number of rotatable bonds is 3. The van der Waals surface area contributed by atoms with Crippen molar-refractivity contribution in [3.05, 3.63) is 23.8 Å². The summed E-state index contributed by atoms with van der Waals surface area (Å²) >= 11 is 0. The molecule has 0 aliphatic carbocycles. The Morgan fingerprint density at radius 1 is 1.31 bits per heavy atom. The lowest BCUT2D eigenvalue weighted by Gasteiger charge is -2.06. The molecule has 0 amide bonds. The first-order valence-corrected chi connectivity index (χ1v) is 4.29. The molecule has 13 heavy (non-hydrogen) atoms. The average molecular weight is 184 g/mol. The Bertz CT molecular complexity index is 302. The van der Waals surface area contributed by atoms with E-state index >= 15 is 0 Å². The number of halogens is 2. The monoisotopic (exact) mass is 184 g/mol. The van der Waals surface area contributed by atoms with Gasteiger partial charge in [0.2, 0.25) is 0 Å². The first-order valence-electron chi connectivity index (χ1n) is 4.29. The van der Waals surface area contributed by atoms with Crippen LogP contribution in [0.3, 0.4) is 0 Å². The predicted octanol–water partition coefficient (Wildman–Crippen LogP) is 1.47. The third-order valence-corrected chi connectivity index (χ3v) is 1.78. The molecule has 0 aromatic heterocycles. The van der Waals surface area contributed by atoms with Crippen LogP contribution in [-0.4, -0.2) is 13.9 Å². The van der Waals surface area contributed by atoms with Gasteiger partial charge in [-0.1, -0.05) is 6.82 Å². The van der Waals surface area contributed by atoms with Gasteiger partial charge in [-0.05, 0) is 18.5 Å². The average Bonchev–Trinajstić information content (AvgIpc) is 2.10. The summed E-state index contributed by atoms with van der Waals surface area (Å²) in [5, 5.41) is 0. The highest BCUT2D eigenvalue weighted by molar-refractivity contribution is 6.52. The molecule has 1 aromatic rings. The van der Waals surface area contributed by atoms with Crippen LogP contribution in [0.5, 0.6) is 5.75 Å². The zero-order valence-corrected chi connectivity index (χ0v) is 7.73. The zero-order chi connectivity index (χ0) is 9.84. The van der Waals surface area contributed by atoms with Crippen LogP contribution < -0.4 is 10.2 Å². The van der Waals surface area contributed by atoms with Crippen LogP contribution in [0.1, 0.15) is 6.92 Å². The summed E-state index contributed by atoms with van der Waals surface area (Å²) in [5.74, 6) is -1.03.